The Morgan fingerprint density at radius 1 is 1.04 bits per heavy atom. The lowest BCUT2D eigenvalue weighted by Crippen LogP contribution is -1.98. The summed E-state index contributed by atoms with van der Waals surface area (Å²) in [4.78, 5) is 12.6. The Kier molecular flexibility index (Phi) is 6.26. The number of aryl methyl sites for hydroxylation is 1. The van der Waals surface area contributed by atoms with Crippen molar-refractivity contribution in [2.75, 3.05) is 0 Å². The summed E-state index contributed by atoms with van der Waals surface area (Å²) in [6, 6.07) is 17.8. The summed E-state index contributed by atoms with van der Waals surface area (Å²) >= 11 is 13.4. The maximum Gasteiger partial charge on any atom is 0.283 e. The average Bonchev–Trinajstić information content (AvgIpc) is 2.65. The van der Waals surface area contributed by atoms with Crippen molar-refractivity contribution in [2.24, 2.45) is 0 Å². The summed E-state index contributed by atoms with van der Waals surface area (Å²) in [5.41, 5.74) is 1.85. The molecule has 3 aromatic carbocycles. The number of nitro benzene ring substituents is 1. The van der Waals surface area contributed by atoms with Gasteiger partial charge in [0, 0.05) is 22.1 Å². The Morgan fingerprint density at radius 2 is 1.78 bits per heavy atom. The lowest BCUT2D eigenvalue weighted by molar-refractivity contribution is -0.387. The van der Waals surface area contributed by atoms with Crippen LogP contribution >= 0.6 is 35.0 Å². The molecule has 3 aromatic rings. The zero-order valence-electron chi connectivity index (χ0n) is 14.3. The van der Waals surface area contributed by atoms with Crippen molar-refractivity contribution in [3.8, 4) is 5.75 Å². The van der Waals surface area contributed by atoms with Crippen molar-refractivity contribution in [3.05, 3.63) is 92.0 Å². The van der Waals surface area contributed by atoms with Gasteiger partial charge >= 0.3 is 0 Å². The van der Waals surface area contributed by atoms with Crippen molar-refractivity contribution in [2.45, 2.75) is 23.3 Å². The van der Waals surface area contributed by atoms with Gasteiger partial charge in [-0.2, -0.15) is 0 Å². The first kappa shape index (κ1) is 19.5. The van der Waals surface area contributed by atoms with Crippen LogP contribution in [-0.2, 0) is 6.61 Å². The third-order valence-corrected chi connectivity index (χ3v) is 5.38. The standard InChI is InChI=1S/C20H15Cl2NO3S/c1-13-2-6-16(7-3-13)27-20-9-4-14(10-18(20)23(24)25)12-26-19-11-15(21)5-8-17(19)22/h2-11H,12H2,1H3. The first-order valence-corrected chi connectivity index (χ1v) is 9.59. The number of halogens is 2. The van der Waals surface area contributed by atoms with Gasteiger partial charge in [-0.15, -0.1) is 0 Å². The minimum absolute atomic E-state index is 0.0406. The summed E-state index contributed by atoms with van der Waals surface area (Å²) in [6.45, 7) is 2.15. The van der Waals surface area contributed by atoms with Crippen molar-refractivity contribution in [1.82, 2.24) is 0 Å². The first-order valence-electron chi connectivity index (χ1n) is 8.02. The van der Waals surface area contributed by atoms with E-state index in [-0.39, 0.29) is 17.2 Å². The maximum atomic E-state index is 11.5. The van der Waals surface area contributed by atoms with E-state index in [1.807, 2.05) is 37.3 Å². The molecule has 0 unspecified atom stereocenters. The van der Waals surface area contributed by atoms with Crippen LogP contribution in [0.1, 0.15) is 11.1 Å². The van der Waals surface area contributed by atoms with Gasteiger partial charge in [-0.25, -0.2) is 0 Å². The molecule has 0 saturated heterocycles. The first-order chi connectivity index (χ1) is 12.9. The second-order valence-corrected chi connectivity index (χ2v) is 7.80. The van der Waals surface area contributed by atoms with E-state index in [2.05, 4.69) is 0 Å². The number of benzene rings is 3. The minimum atomic E-state index is -0.383. The monoisotopic (exact) mass is 419 g/mol. The molecule has 0 fully saturated rings. The van der Waals surface area contributed by atoms with Crippen molar-refractivity contribution >= 4 is 40.7 Å². The van der Waals surface area contributed by atoms with Crippen molar-refractivity contribution < 1.29 is 9.66 Å². The predicted octanol–water partition coefficient (Wildman–Crippen LogP) is 6.94. The minimum Gasteiger partial charge on any atom is -0.487 e. The normalized spacial score (nSPS) is 10.6. The van der Waals surface area contributed by atoms with E-state index >= 15 is 0 Å². The summed E-state index contributed by atoms with van der Waals surface area (Å²) < 4.78 is 5.66. The summed E-state index contributed by atoms with van der Waals surface area (Å²) in [7, 11) is 0. The van der Waals surface area contributed by atoms with E-state index in [4.69, 9.17) is 27.9 Å². The van der Waals surface area contributed by atoms with Crippen LogP contribution in [0.2, 0.25) is 10.0 Å². The van der Waals surface area contributed by atoms with E-state index in [0.29, 0.717) is 26.3 Å². The third kappa shape index (κ3) is 5.16. The number of hydrogen-bond donors (Lipinski definition) is 0. The lowest BCUT2D eigenvalue weighted by Gasteiger charge is -2.10. The fourth-order valence-corrected chi connectivity index (χ4v) is 3.60. The van der Waals surface area contributed by atoms with Gasteiger partial charge in [-0.05, 0) is 42.8 Å². The van der Waals surface area contributed by atoms with Crippen LogP contribution in [0.3, 0.4) is 0 Å². The number of nitrogens with zero attached hydrogens (tertiary/aromatic N) is 1. The zero-order chi connectivity index (χ0) is 19.4. The molecule has 0 atom stereocenters. The van der Waals surface area contributed by atoms with E-state index < -0.39 is 0 Å². The molecule has 0 bridgehead atoms. The molecule has 0 aliphatic heterocycles. The highest BCUT2D eigenvalue weighted by molar-refractivity contribution is 7.99. The summed E-state index contributed by atoms with van der Waals surface area (Å²) in [5, 5.41) is 12.4. The van der Waals surface area contributed by atoms with Crippen molar-refractivity contribution in [3.63, 3.8) is 0 Å². The Balaban J connectivity index is 1.79. The second-order valence-electron chi connectivity index (χ2n) is 5.84. The fraction of sp³-hybridized carbons (Fsp3) is 0.100. The van der Waals surface area contributed by atoms with Crippen LogP contribution in [0.15, 0.2) is 70.5 Å². The average molecular weight is 420 g/mol. The Bertz CT molecular complexity index is 977. The highest BCUT2D eigenvalue weighted by atomic mass is 35.5. The molecule has 0 aliphatic rings. The van der Waals surface area contributed by atoms with E-state index in [0.717, 1.165) is 10.5 Å². The second kappa shape index (κ2) is 8.65. The van der Waals surface area contributed by atoms with Crippen LogP contribution < -0.4 is 4.74 Å². The summed E-state index contributed by atoms with van der Waals surface area (Å²) in [5.74, 6) is 0.435. The van der Waals surface area contributed by atoms with Gasteiger partial charge in [0.05, 0.1) is 14.8 Å². The van der Waals surface area contributed by atoms with E-state index in [9.17, 15) is 10.1 Å². The molecular weight excluding hydrogens is 405 g/mol. The van der Waals surface area contributed by atoms with Crippen LogP contribution in [0.4, 0.5) is 5.69 Å². The lowest BCUT2D eigenvalue weighted by atomic mass is 10.2. The van der Waals surface area contributed by atoms with Crippen LogP contribution in [-0.4, -0.2) is 4.92 Å². The molecule has 7 heteroatoms. The zero-order valence-corrected chi connectivity index (χ0v) is 16.6. The molecule has 0 aliphatic carbocycles. The Morgan fingerprint density at radius 3 is 2.48 bits per heavy atom. The molecule has 0 saturated carbocycles. The van der Waals surface area contributed by atoms with Gasteiger partial charge in [-0.3, -0.25) is 10.1 Å². The van der Waals surface area contributed by atoms with Gasteiger partial charge < -0.3 is 4.74 Å². The molecule has 138 valence electrons. The van der Waals surface area contributed by atoms with Gasteiger partial charge in [0.2, 0.25) is 0 Å². The quantitative estimate of drug-likeness (QED) is 0.320. The highest BCUT2D eigenvalue weighted by Gasteiger charge is 2.16. The van der Waals surface area contributed by atoms with Gasteiger partial charge in [0.1, 0.15) is 12.4 Å². The molecule has 0 heterocycles. The molecule has 0 radical (unpaired) electrons. The van der Waals surface area contributed by atoms with Crippen LogP contribution in [0.25, 0.3) is 0 Å². The molecule has 0 aromatic heterocycles. The number of nitro groups is 1. The van der Waals surface area contributed by atoms with E-state index in [1.54, 1.807) is 24.3 Å². The van der Waals surface area contributed by atoms with Crippen molar-refractivity contribution in [1.29, 1.82) is 0 Å². The topological polar surface area (TPSA) is 52.4 Å². The smallest absolute Gasteiger partial charge is 0.283 e. The molecule has 4 nitrogen and oxygen atoms in total. The highest BCUT2D eigenvalue weighted by Crippen LogP contribution is 2.36. The van der Waals surface area contributed by atoms with Gasteiger partial charge in [0.15, 0.2) is 0 Å². The Hall–Kier alpha value is -2.21. The number of ether oxygens (including phenoxy) is 1. The van der Waals surface area contributed by atoms with Gasteiger partial charge in [-0.1, -0.05) is 58.7 Å². The van der Waals surface area contributed by atoms with Gasteiger partial charge in [0.25, 0.3) is 5.69 Å². The SMILES string of the molecule is Cc1ccc(Sc2ccc(COc3cc(Cl)ccc3Cl)cc2[N+](=O)[O-])cc1. The third-order valence-electron chi connectivity index (χ3n) is 3.76. The molecule has 0 N–H and O–H groups in total. The van der Waals surface area contributed by atoms with E-state index in [1.165, 1.54) is 17.8 Å². The van der Waals surface area contributed by atoms with Crippen LogP contribution in [0.5, 0.6) is 5.75 Å². The molecular formula is C20H15Cl2NO3S. The Labute approximate surface area is 171 Å². The molecule has 0 amide bonds. The molecule has 3 rings (SSSR count). The molecule has 0 spiro atoms. The largest absolute Gasteiger partial charge is 0.487 e. The van der Waals surface area contributed by atoms with Crippen LogP contribution in [0, 0.1) is 17.0 Å². The fourth-order valence-electron chi connectivity index (χ4n) is 2.36. The number of hydrogen-bond acceptors (Lipinski definition) is 4. The maximum absolute atomic E-state index is 11.5. The molecule has 27 heavy (non-hydrogen) atoms. The predicted molar refractivity (Wildman–Crippen MR) is 109 cm³/mol. The summed E-state index contributed by atoms with van der Waals surface area (Å²) in [6.07, 6.45) is 0. The number of rotatable bonds is 6.